The number of thiophene rings is 1. The fraction of sp³-hybridized carbons (Fsp3) is 0.286. The van der Waals surface area contributed by atoms with Crippen LogP contribution in [0, 0.1) is 0 Å². The Labute approximate surface area is 162 Å². The molecule has 138 valence electrons. The minimum atomic E-state index is -0.0106. The van der Waals surface area contributed by atoms with Crippen LogP contribution in [-0.4, -0.2) is 28.5 Å². The molecular formula is C21H21N3O2S. The molecule has 1 N–H and O–H groups in total. The van der Waals surface area contributed by atoms with Gasteiger partial charge in [-0.15, -0.1) is 11.3 Å². The fourth-order valence-electron chi connectivity index (χ4n) is 3.26. The van der Waals surface area contributed by atoms with Crippen LogP contribution in [0.4, 0.5) is 0 Å². The first-order chi connectivity index (χ1) is 13.3. The van der Waals surface area contributed by atoms with Crippen LogP contribution in [0.3, 0.4) is 0 Å². The van der Waals surface area contributed by atoms with Gasteiger partial charge in [0.1, 0.15) is 18.2 Å². The van der Waals surface area contributed by atoms with Gasteiger partial charge in [-0.3, -0.25) is 4.79 Å². The third-order valence-corrected chi connectivity index (χ3v) is 5.57. The SMILES string of the molecule is O=C(CCCc1cccs1)NC[C@@H]1Cc2cc(-c3cncnc3)ccc2O1. The zero-order valence-electron chi connectivity index (χ0n) is 14.9. The minimum absolute atomic E-state index is 0.0106. The number of fused-ring (bicyclic) bond motifs is 1. The molecule has 1 aliphatic rings. The highest BCUT2D eigenvalue weighted by Crippen LogP contribution is 2.32. The first-order valence-corrected chi connectivity index (χ1v) is 10.00. The number of benzene rings is 1. The van der Waals surface area contributed by atoms with Gasteiger partial charge in [-0.25, -0.2) is 9.97 Å². The van der Waals surface area contributed by atoms with Crippen molar-refractivity contribution >= 4 is 17.2 Å². The molecule has 0 saturated carbocycles. The number of nitrogens with one attached hydrogen (secondary N) is 1. The summed E-state index contributed by atoms with van der Waals surface area (Å²) in [6.07, 6.45) is 8.31. The van der Waals surface area contributed by atoms with Gasteiger partial charge in [0.05, 0.1) is 6.54 Å². The maximum atomic E-state index is 12.1. The van der Waals surface area contributed by atoms with E-state index in [0.29, 0.717) is 13.0 Å². The number of ether oxygens (including phenoxy) is 1. The van der Waals surface area contributed by atoms with Gasteiger partial charge in [0.2, 0.25) is 5.91 Å². The summed E-state index contributed by atoms with van der Waals surface area (Å²) in [6.45, 7) is 0.538. The number of rotatable bonds is 7. The standard InChI is InChI=1S/C21H21N3O2S/c25-21(5-1-3-19-4-2-8-27-19)24-13-18-10-16-9-15(6-7-20(16)26-18)17-11-22-14-23-12-17/h2,4,6-9,11-12,14,18H,1,3,5,10,13H2,(H,24,25)/t18-/m0/s1. The van der Waals surface area contributed by atoms with Crippen LogP contribution in [-0.2, 0) is 17.6 Å². The van der Waals surface area contributed by atoms with Crippen molar-refractivity contribution in [1.82, 2.24) is 15.3 Å². The van der Waals surface area contributed by atoms with Gasteiger partial charge >= 0.3 is 0 Å². The number of carbonyl (C=O) groups excluding carboxylic acids is 1. The Bertz CT molecular complexity index is 897. The molecule has 27 heavy (non-hydrogen) atoms. The summed E-state index contributed by atoms with van der Waals surface area (Å²) in [5.41, 5.74) is 3.23. The number of hydrogen-bond donors (Lipinski definition) is 1. The van der Waals surface area contributed by atoms with E-state index >= 15 is 0 Å². The Morgan fingerprint density at radius 2 is 2.11 bits per heavy atom. The first kappa shape index (κ1) is 17.7. The second-order valence-electron chi connectivity index (χ2n) is 6.63. The maximum absolute atomic E-state index is 12.1. The Kier molecular flexibility index (Phi) is 5.44. The average molecular weight is 379 g/mol. The van der Waals surface area contributed by atoms with Gasteiger partial charge < -0.3 is 10.1 Å². The molecule has 3 heterocycles. The number of aromatic nitrogens is 2. The highest BCUT2D eigenvalue weighted by Gasteiger charge is 2.23. The molecule has 5 nitrogen and oxygen atoms in total. The van der Waals surface area contributed by atoms with E-state index < -0.39 is 0 Å². The molecule has 6 heteroatoms. The summed E-state index contributed by atoms with van der Waals surface area (Å²) < 4.78 is 5.97. The van der Waals surface area contributed by atoms with E-state index in [1.165, 1.54) is 11.2 Å². The van der Waals surface area contributed by atoms with Gasteiger partial charge in [0.15, 0.2) is 0 Å². The van der Waals surface area contributed by atoms with Crippen LogP contribution in [0.15, 0.2) is 54.4 Å². The van der Waals surface area contributed by atoms with Crippen LogP contribution >= 0.6 is 11.3 Å². The lowest BCUT2D eigenvalue weighted by Gasteiger charge is -2.11. The smallest absolute Gasteiger partial charge is 0.220 e. The fourth-order valence-corrected chi connectivity index (χ4v) is 4.01. The summed E-state index contributed by atoms with van der Waals surface area (Å²) in [6, 6.07) is 10.3. The molecule has 1 aromatic carbocycles. The van der Waals surface area contributed by atoms with Crippen LogP contribution in [0.25, 0.3) is 11.1 Å². The third kappa shape index (κ3) is 4.52. The molecule has 0 aliphatic carbocycles. The molecule has 1 atom stereocenters. The van der Waals surface area contributed by atoms with Gasteiger partial charge in [0, 0.05) is 35.7 Å². The number of hydrogen-bond acceptors (Lipinski definition) is 5. The second-order valence-corrected chi connectivity index (χ2v) is 7.66. The molecule has 2 aromatic heterocycles. The Morgan fingerprint density at radius 1 is 1.22 bits per heavy atom. The monoisotopic (exact) mass is 379 g/mol. The summed E-state index contributed by atoms with van der Waals surface area (Å²) in [5.74, 6) is 0.987. The highest BCUT2D eigenvalue weighted by molar-refractivity contribution is 7.09. The number of aryl methyl sites for hydroxylation is 1. The van der Waals surface area contributed by atoms with E-state index in [2.05, 4.69) is 32.8 Å². The molecule has 0 spiro atoms. The molecule has 0 fully saturated rings. The number of amides is 1. The van der Waals surface area contributed by atoms with Gasteiger partial charge in [-0.1, -0.05) is 12.1 Å². The second kappa shape index (κ2) is 8.31. The van der Waals surface area contributed by atoms with Crippen molar-refractivity contribution in [3.63, 3.8) is 0 Å². The van der Waals surface area contributed by atoms with Gasteiger partial charge in [-0.05, 0) is 47.5 Å². The lowest BCUT2D eigenvalue weighted by atomic mass is 10.0. The predicted molar refractivity (Wildman–Crippen MR) is 106 cm³/mol. The van der Waals surface area contributed by atoms with Gasteiger partial charge in [0.25, 0.3) is 0 Å². The molecule has 1 aliphatic heterocycles. The van der Waals surface area contributed by atoms with Crippen molar-refractivity contribution in [2.45, 2.75) is 31.8 Å². The Balaban J connectivity index is 1.25. The lowest BCUT2D eigenvalue weighted by molar-refractivity contribution is -0.121. The van der Waals surface area contributed by atoms with Crippen molar-refractivity contribution in [2.75, 3.05) is 6.54 Å². The molecule has 0 unspecified atom stereocenters. The van der Waals surface area contributed by atoms with E-state index in [-0.39, 0.29) is 12.0 Å². The number of nitrogens with zero attached hydrogens (tertiary/aromatic N) is 2. The van der Waals surface area contributed by atoms with Crippen LogP contribution < -0.4 is 10.1 Å². The summed E-state index contributed by atoms with van der Waals surface area (Å²) in [7, 11) is 0. The summed E-state index contributed by atoms with van der Waals surface area (Å²) in [5, 5.41) is 5.08. The predicted octanol–water partition coefficient (Wildman–Crippen LogP) is 3.65. The van der Waals surface area contributed by atoms with Crippen LogP contribution in [0.5, 0.6) is 5.75 Å². The van der Waals surface area contributed by atoms with Crippen molar-refractivity contribution in [3.05, 3.63) is 64.9 Å². The quantitative estimate of drug-likeness (QED) is 0.681. The molecular weight excluding hydrogens is 358 g/mol. The minimum Gasteiger partial charge on any atom is -0.488 e. The largest absolute Gasteiger partial charge is 0.488 e. The van der Waals surface area contributed by atoms with E-state index in [9.17, 15) is 4.79 Å². The van der Waals surface area contributed by atoms with E-state index in [1.54, 1.807) is 23.7 Å². The van der Waals surface area contributed by atoms with E-state index in [1.807, 2.05) is 18.2 Å². The van der Waals surface area contributed by atoms with E-state index in [4.69, 9.17) is 4.74 Å². The zero-order valence-corrected chi connectivity index (χ0v) is 15.7. The van der Waals surface area contributed by atoms with Crippen LogP contribution in [0.2, 0.25) is 0 Å². The topological polar surface area (TPSA) is 64.1 Å². The molecule has 0 bridgehead atoms. The van der Waals surface area contributed by atoms with Crippen LogP contribution in [0.1, 0.15) is 23.3 Å². The lowest BCUT2D eigenvalue weighted by Crippen LogP contribution is -2.34. The molecule has 0 saturated heterocycles. The Hall–Kier alpha value is -2.73. The summed E-state index contributed by atoms with van der Waals surface area (Å²) in [4.78, 5) is 21.5. The van der Waals surface area contributed by atoms with Crippen molar-refractivity contribution in [2.24, 2.45) is 0 Å². The van der Waals surface area contributed by atoms with Gasteiger partial charge in [-0.2, -0.15) is 0 Å². The highest BCUT2D eigenvalue weighted by atomic mass is 32.1. The number of carbonyl (C=O) groups is 1. The molecule has 3 aromatic rings. The molecule has 0 radical (unpaired) electrons. The van der Waals surface area contributed by atoms with E-state index in [0.717, 1.165) is 41.7 Å². The Morgan fingerprint density at radius 3 is 2.93 bits per heavy atom. The van der Waals surface area contributed by atoms with Crippen molar-refractivity contribution in [1.29, 1.82) is 0 Å². The van der Waals surface area contributed by atoms with Crippen molar-refractivity contribution in [3.8, 4) is 16.9 Å². The molecule has 4 rings (SSSR count). The average Bonchev–Trinajstić information content (AvgIpc) is 3.36. The van der Waals surface area contributed by atoms with Crippen molar-refractivity contribution < 1.29 is 9.53 Å². The first-order valence-electron chi connectivity index (χ1n) is 9.12. The normalized spacial score (nSPS) is 15.2. The maximum Gasteiger partial charge on any atom is 0.220 e. The third-order valence-electron chi connectivity index (χ3n) is 4.63. The zero-order chi connectivity index (χ0) is 18.5. The molecule has 1 amide bonds. The summed E-state index contributed by atoms with van der Waals surface area (Å²) >= 11 is 1.74.